The molecule has 1 aliphatic heterocycles. The average Bonchev–Trinajstić information content (AvgIpc) is 2.80. The van der Waals surface area contributed by atoms with E-state index in [4.69, 9.17) is 32.0 Å². The SMILES string of the molecule is N#CC(C#N)c1cnn([C@@H]2O[C@H](CO)[C@@H](O)[C@H]2O)c(=O)c1Cl. The Labute approximate surface area is 129 Å². The van der Waals surface area contributed by atoms with E-state index in [1.54, 1.807) is 12.1 Å². The maximum Gasteiger partial charge on any atom is 0.288 e. The van der Waals surface area contributed by atoms with Crippen LogP contribution in [0.3, 0.4) is 0 Å². The van der Waals surface area contributed by atoms with Crippen molar-refractivity contribution >= 4 is 11.6 Å². The fourth-order valence-electron chi connectivity index (χ4n) is 2.09. The van der Waals surface area contributed by atoms with Crippen LogP contribution < -0.4 is 5.56 Å². The molecule has 1 aliphatic rings. The minimum atomic E-state index is -1.49. The quantitative estimate of drug-likeness (QED) is 0.615. The number of hydrogen-bond acceptors (Lipinski definition) is 8. The molecule has 116 valence electrons. The summed E-state index contributed by atoms with van der Waals surface area (Å²) in [4.78, 5) is 12.2. The van der Waals surface area contributed by atoms with Crippen molar-refractivity contribution < 1.29 is 20.1 Å². The smallest absolute Gasteiger partial charge is 0.288 e. The molecule has 0 aromatic carbocycles. The van der Waals surface area contributed by atoms with Crippen LogP contribution in [0.1, 0.15) is 17.7 Å². The van der Waals surface area contributed by atoms with Crippen LogP contribution in [0.25, 0.3) is 0 Å². The maximum atomic E-state index is 12.2. The number of ether oxygens (including phenoxy) is 1. The number of nitriles is 2. The van der Waals surface area contributed by atoms with Gasteiger partial charge in [0.25, 0.3) is 5.56 Å². The second-order valence-electron chi connectivity index (χ2n) is 4.58. The Bertz CT molecular complexity index is 695. The summed E-state index contributed by atoms with van der Waals surface area (Å²) >= 11 is 5.86. The summed E-state index contributed by atoms with van der Waals surface area (Å²) in [6, 6.07) is 3.34. The van der Waals surface area contributed by atoms with E-state index < -0.39 is 47.6 Å². The van der Waals surface area contributed by atoms with Gasteiger partial charge in [0.1, 0.15) is 23.3 Å². The van der Waals surface area contributed by atoms with Crippen LogP contribution >= 0.6 is 11.6 Å². The van der Waals surface area contributed by atoms with Gasteiger partial charge in [-0.1, -0.05) is 11.6 Å². The molecule has 1 aromatic heterocycles. The minimum Gasteiger partial charge on any atom is -0.394 e. The first-order valence-corrected chi connectivity index (χ1v) is 6.53. The van der Waals surface area contributed by atoms with Crippen LogP contribution in [0.2, 0.25) is 5.02 Å². The highest BCUT2D eigenvalue weighted by Gasteiger charge is 2.44. The van der Waals surface area contributed by atoms with Gasteiger partial charge in [-0.3, -0.25) is 4.79 Å². The summed E-state index contributed by atoms with van der Waals surface area (Å²) in [6.45, 7) is -0.555. The van der Waals surface area contributed by atoms with Gasteiger partial charge in [-0.05, 0) is 0 Å². The van der Waals surface area contributed by atoms with Gasteiger partial charge in [0.05, 0.1) is 24.9 Å². The number of rotatable bonds is 3. The van der Waals surface area contributed by atoms with E-state index in [1.807, 2.05) is 0 Å². The van der Waals surface area contributed by atoms with Crippen LogP contribution in [-0.4, -0.2) is 50.0 Å². The van der Waals surface area contributed by atoms with Gasteiger partial charge < -0.3 is 20.1 Å². The van der Waals surface area contributed by atoms with E-state index in [2.05, 4.69) is 5.10 Å². The van der Waals surface area contributed by atoms with Crippen molar-refractivity contribution in [2.75, 3.05) is 6.61 Å². The lowest BCUT2D eigenvalue weighted by molar-refractivity contribution is -0.0610. The topological polar surface area (TPSA) is 152 Å². The first-order valence-electron chi connectivity index (χ1n) is 6.15. The van der Waals surface area contributed by atoms with Crippen molar-refractivity contribution in [2.24, 2.45) is 0 Å². The standard InChI is InChI=1S/C12H11ClN4O5/c13-8-6(5(1-14)2-15)3-16-17(11(8)21)12-10(20)9(19)7(4-18)22-12/h3,5,7,9-10,12,18-20H,4H2/t7-,9-,10-,12-/m1/s1. The predicted molar refractivity (Wildman–Crippen MR) is 70.5 cm³/mol. The minimum absolute atomic E-state index is 0.0559. The van der Waals surface area contributed by atoms with Crippen LogP contribution in [0, 0.1) is 22.7 Å². The Morgan fingerprint density at radius 3 is 2.55 bits per heavy atom. The normalized spacial score (nSPS) is 27.6. The van der Waals surface area contributed by atoms with Gasteiger partial charge in [0.15, 0.2) is 12.1 Å². The summed E-state index contributed by atoms with van der Waals surface area (Å²) in [5.74, 6) is -1.26. The molecule has 22 heavy (non-hydrogen) atoms. The molecule has 4 atom stereocenters. The zero-order chi connectivity index (χ0) is 16.4. The molecule has 0 bridgehead atoms. The molecule has 0 spiro atoms. The van der Waals surface area contributed by atoms with Crippen molar-refractivity contribution in [3.63, 3.8) is 0 Å². The lowest BCUT2D eigenvalue weighted by atomic mass is 10.1. The number of halogens is 1. The second-order valence-corrected chi connectivity index (χ2v) is 4.96. The van der Waals surface area contributed by atoms with Crippen LogP contribution in [0.5, 0.6) is 0 Å². The van der Waals surface area contributed by atoms with Gasteiger partial charge in [0, 0.05) is 5.56 Å². The highest BCUT2D eigenvalue weighted by molar-refractivity contribution is 6.31. The molecule has 3 N–H and O–H groups in total. The van der Waals surface area contributed by atoms with Crippen molar-refractivity contribution in [3.8, 4) is 12.1 Å². The Morgan fingerprint density at radius 1 is 1.41 bits per heavy atom. The molecule has 9 nitrogen and oxygen atoms in total. The molecule has 2 rings (SSSR count). The molecular weight excluding hydrogens is 316 g/mol. The summed E-state index contributed by atoms with van der Waals surface area (Å²) < 4.78 is 5.87. The lowest BCUT2D eigenvalue weighted by Gasteiger charge is -2.17. The fraction of sp³-hybridized carbons (Fsp3) is 0.500. The molecule has 0 aliphatic carbocycles. The fourth-order valence-corrected chi connectivity index (χ4v) is 2.33. The van der Waals surface area contributed by atoms with E-state index in [0.717, 1.165) is 6.20 Å². The first kappa shape index (κ1) is 16.4. The van der Waals surface area contributed by atoms with Crippen LogP contribution in [-0.2, 0) is 4.74 Å². The van der Waals surface area contributed by atoms with Crippen molar-refractivity contribution in [2.45, 2.75) is 30.5 Å². The van der Waals surface area contributed by atoms with Crippen LogP contribution in [0.15, 0.2) is 11.0 Å². The first-order chi connectivity index (χ1) is 10.5. The van der Waals surface area contributed by atoms with E-state index in [-0.39, 0.29) is 5.56 Å². The highest BCUT2D eigenvalue weighted by Crippen LogP contribution is 2.28. The molecular formula is C12H11ClN4O5. The van der Waals surface area contributed by atoms with Gasteiger partial charge in [-0.15, -0.1) is 0 Å². The molecule has 0 radical (unpaired) electrons. The van der Waals surface area contributed by atoms with Crippen molar-refractivity contribution in [1.82, 2.24) is 9.78 Å². The summed E-state index contributed by atoms with van der Waals surface area (Å²) in [7, 11) is 0. The second kappa shape index (κ2) is 6.40. The Balaban J connectivity index is 2.44. The number of aliphatic hydroxyl groups excluding tert-OH is 3. The Kier molecular flexibility index (Phi) is 4.76. The molecule has 1 saturated heterocycles. The molecule has 0 amide bonds. The van der Waals surface area contributed by atoms with Crippen molar-refractivity contribution in [1.29, 1.82) is 10.5 Å². The van der Waals surface area contributed by atoms with E-state index in [9.17, 15) is 15.0 Å². The van der Waals surface area contributed by atoms with Gasteiger partial charge in [-0.25, -0.2) is 0 Å². The summed E-state index contributed by atoms with van der Waals surface area (Å²) in [6.07, 6.45) is -4.25. The van der Waals surface area contributed by atoms with Crippen LogP contribution in [0.4, 0.5) is 0 Å². The highest BCUT2D eigenvalue weighted by atomic mass is 35.5. The number of aromatic nitrogens is 2. The lowest BCUT2D eigenvalue weighted by Crippen LogP contribution is -2.36. The summed E-state index contributed by atoms with van der Waals surface area (Å²) in [5, 5.41) is 49.5. The number of nitrogens with zero attached hydrogens (tertiary/aromatic N) is 4. The zero-order valence-corrected chi connectivity index (χ0v) is 11.8. The number of hydrogen-bond donors (Lipinski definition) is 3. The maximum absolute atomic E-state index is 12.2. The van der Waals surface area contributed by atoms with Gasteiger partial charge in [-0.2, -0.15) is 20.3 Å². The molecule has 10 heteroatoms. The zero-order valence-electron chi connectivity index (χ0n) is 11.0. The Hall–Kier alpha value is -2.01. The van der Waals surface area contributed by atoms with E-state index >= 15 is 0 Å². The monoisotopic (exact) mass is 326 g/mol. The van der Waals surface area contributed by atoms with Gasteiger partial charge >= 0.3 is 0 Å². The molecule has 1 fully saturated rings. The molecule has 1 aromatic rings. The third kappa shape index (κ3) is 2.57. The molecule has 2 heterocycles. The Morgan fingerprint density at radius 2 is 2.05 bits per heavy atom. The largest absolute Gasteiger partial charge is 0.394 e. The summed E-state index contributed by atoms with van der Waals surface area (Å²) in [5.41, 5.74) is -0.941. The molecule has 0 saturated carbocycles. The van der Waals surface area contributed by atoms with Crippen molar-refractivity contribution in [3.05, 3.63) is 27.1 Å². The van der Waals surface area contributed by atoms with Gasteiger partial charge in [0.2, 0.25) is 0 Å². The predicted octanol–water partition coefficient (Wildman–Crippen LogP) is -1.36. The number of aliphatic hydroxyl groups is 3. The molecule has 0 unspecified atom stereocenters. The third-order valence-corrected chi connectivity index (χ3v) is 3.68. The third-order valence-electron chi connectivity index (χ3n) is 3.30. The van der Waals surface area contributed by atoms with E-state index in [0.29, 0.717) is 4.68 Å². The van der Waals surface area contributed by atoms with E-state index in [1.165, 1.54) is 0 Å². The average molecular weight is 327 g/mol.